The first-order valence-electron chi connectivity index (χ1n) is 8.88. The number of β-amino-alcohol motifs (C(OH)–C–C–N with tert-alkyl or cyclic N) is 1. The minimum atomic E-state index is -4.64. The molecule has 0 spiro atoms. The van der Waals surface area contributed by atoms with Gasteiger partial charge in [0.15, 0.2) is 5.60 Å². The fourth-order valence-electron chi connectivity index (χ4n) is 3.49. The topological polar surface area (TPSA) is 53.8 Å². The molecule has 0 bridgehead atoms. The Kier molecular flexibility index (Phi) is 4.85. The molecule has 0 amide bonds. The van der Waals surface area contributed by atoms with E-state index >= 15 is 0 Å². The molecule has 2 aromatic rings. The van der Waals surface area contributed by atoms with E-state index in [1.807, 2.05) is 24.3 Å². The second-order valence-corrected chi connectivity index (χ2v) is 8.35. The van der Waals surface area contributed by atoms with Crippen LogP contribution in [0.15, 0.2) is 41.6 Å². The molecule has 2 N–H and O–H groups in total. The number of hydrogen-bond acceptors (Lipinski definition) is 4. The number of nitrogens with one attached hydrogen (secondary N) is 1. The average molecular weight is 445 g/mol. The van der Waals surface area contributed by atoms with Crippen molar-refractivity contribution in [1.82, 2.24) is 5.32 Å². The van der Waals surface area contributed by atoms with Crippen molar-refractivity contribution in [2.45, 2.75) is 30.7 Å². The maximum Gasteiger partial charge on any atom is 0.417 e. The summed E-state index contributed by atoms with van der Waals surface area (Å²) in [6.45, 7) is 2.64. The second-order valence-electron chi connectivity index (χ2n) is 7.57. The highest BCUT2D eigenvalue weighted by Gasteiger charge is 2.41. The number of rotatable bonds is 3. The maximum absolute atomic E-state index is 13.3. The smallest absolute Gasteiger partial charge is 0.384 e. The molecule has 4 nitrogen and oxygen atoms in total. The van der Waals surface area contributed by atoms with Crippen LogP contribution in [0.1, 0.15) is 35.6 Å². The van der Waals surface area contributed by atoms with E-state index in [0.29, 0.717) is 18.8 Å². The maximum atomic E-state index is 13.3. The van der Waals surface area contributed by atoms with E-state index in [4.69, 9.17) is 28.0 Å². The van der Waals surface area contributed by atoms with Crippen LogP contribution >= 0.6 is 23.2 Å². The standard InChI is InChI=1S/C20H17Cl2F3N2O2/c1-18(13-6-14(20(23,24)25)17(22)15(21)7-13)8-16(27-29-18)11-2-4-12(5-3-11)19(28)9-26-10-19/h2-7,26,28H,8-10H2,1H3. The molecule has 2 aliphatic rings. The van der Waals surface area contributed by atoms with Gasteiger partial charge < -0.3 is 15.3 Å². The van der Waals surface area contributed by atoms with Gasteiger partial charge in [-0.2, -0.15) is 13.2 Å². The highest BCUT2D eigenvalue weighted by Crippen LogP contribution is 2.44. The molecule has 2 aliphatic heterocycles. The van der Waals surface area contributed by atoms with Gasteiger partial charge in [-0.25, -0.2) is 0 Å². The molecule has 0 saturated carbocycles. The quantitative estimate of drug-likeness (QED) is 0.711. The molecule has 2 heterocycles. The fourth-order valence-corrected chi connectivity index (χ4v) is 3.92. The number of oxime groups is 1. The molecule has 2 aromatic carbocycles. The Morgan fingerprint density at radius 1 is 1.10 bits per heavy atom. The van der Waals surface area contributed by atoms with Gasteiger partial charge in [-0.05, 0) is 30.2 Å². The van der Waals surface area contributed by atoms with Gasteiger partial charge in [0.25, 0.3) is 0 Å². The first kappa shape index (κ1) is 20.5. The molecule has 1 unspecified atom stereocenters. The first-order valence-corrected chi connectivity index (χ1v) is 9.63. The highest BCUT2D eigenvalue weighted by molar-refractivity contribution is 6.42. The van der Waals surface area contributed by atoms with Gasteiger partial charge in [0.2, 0.25) is 0 Å². The summed E-state index contributed by atoms with van der Waals surface area (Å²) >= 11 is 11.7. The van der Waals surface area contributed by atoms with E-state index < -0.39 is 28.0 Å². The predicted octanol–water partition coefficient (Wildman–Crippen LogP) is 4.84. The van der Waals surface area contributed by atoms with Gasteiger partial charge in [0, 0.05) is 25.1 Å². The Morgan fingerprint density at radius 2 is 1.76 bits per heavy atom. The third kappa shape index (κ3) is 3.61. The van der Waals surface area contributed by atoms with E-state index in [1.165, 1.54) is 6.07 Å². The molecule has 9 heteroatoms. The molecule has 29 heavy (non-hydrogen) atoms. The number of benzene rings is 2. The van der Waals surface area contributed by atoms with Crippen LogP contribution in [-0.2, 0) is 22.2 Å². The van der Waals surface area contributed by atoms with E-state index in [9.17, 15) is 18.3 Å². The summed E-state index contributed by atoms with van der Waals surface area (Å²) in [6.07, 6.45) is -4.38. The number of halogens is 5. The van der Waals surface area contributed by atoms with E-state index in [1.54, 1.807) is 6.92 Å². The van der Waals surface area contributed by atoms with E-state index in [-0.39, 0.29) is 17.0 Å². The molecule has 1 saturated heterocycles. The minimum absolute atomic E-state index is 0.193. The van der Waals surface area contributed by atoms with E-state index in [0.717, 1.165) is 17.2 Å². The van der Waals surface area contributed by atoms with Crippen LogP contribution < -0.4 is 5.32 Å². The largest absolute Gasteiger partial charge is 0.417 e. The van der Waals surface area contributed by atoms with Crippen molar-refractivity contribution < 1.29 is 23.1 Å². The van der Waals surface area contributed by atoms with Crippen LogP contribution in [0.25, 0.3) is 0 Å². The number of aliphatic hydroxyl groups is 1. The first-order chi connectivity index (χ1) is 13.5. The molecule has 0 aliphatic carbocycles. The van der Waals surface area contributed by atoms with Crippen LogP contribution in [-0.4, -0.2) is 23.9 Å². The van der Waals surface area contributed by atoms with Crippen LogP contribution in [0.3, 0.4) is 0 Å². The van der Waals surface area contributed by atoms with Crippen LogP contribution in [0.2, 0.25) is 10.0 Å². The molecular weight excluding hydrogens is 428 g/mol. The summed E-state index contributed by atoms with van der Waals surface area (Å²) in [5.41, 5.74) is -0.590. The lowest BCUT2D eigenvalue weighted by molar-refractivity contribution is -0.137. The third-order valence-corrected chi connectivity index (χ3v) is 6.20. The molecular formula is C20H17Cl2F3N2O2. The second kappa shape index (κ2) is 6.87. The zero-order valence-electron chi connectivity index (χ0n) is 15.3. The van der Waals surface area contributed by atoms with Gasteiger partial charge in [-0.3, -0.25) is 0 Å². The number of nitrogens with zero attached hydrogens (tertiary/aromatic N) is 1. The summed E-state index contributed by atoms with van der Waals surface area (Å²) in [6, 6.07) is 9.59. The van der Waals surface area contributed by atoms with Crippen LogP contribution in [0.5, 0.6) is 0 Å². The van der Waals surface area contributed by atoms with Crippen molar-refractivity contribution in [3.8, 4) is 0 Å². The lowest BCUT2D eigenvalue weighted by atomic mass is 9.85. The van der Waals surface area contributed by atoms with Crippen LogP contribution in [0.4, 0.5) is 13.2 Å². The average Bonchev–Trinajstić information content (AvgIpc) is 3.04. The van der Waals surface area contributed by atoms with Crippen molar-refractivity contribution in [2.24, 2.45) is 5.16 Å². The molecule has 154 valence electrons. The zero-order valence-corrected chi connectivity index (χ0v) is 16.8. The van der Waals surface area contributed by atoms with Gasteiger partial charge in [-0.15, -0.1) is 0 Å². The monoisotopic (exact) mass is 444 g/mol. The number of alkyl halides is 3. The summed E-state index contributed by atoms with van der Waals surface area (Å²) in [5, 5.41) is 16.8. The van der Waals surface area contributed by atoms with Crippen LogP contribution in [0, 0.1) is 0 Å². The highest BCUT2D eigenvalue weighted by atomic mass is 35.5. The van der Waals surface area contributed by atoms with Gasteiger partial charge >= 0.3 is 6.18 Å². The van der Waals surface area contributed by atoms with E-state index in [2.05, 4.69) is 10.5 Å². The minimum Gasteiger partial charge on any atom is -0.384 e. The zero-order chi connectivity index (χ0) is 21.0. The van der Waals surface area contributed by atoms with Crippen molar-refractivity contribution in [2.75, 3.05) is 13.1 Å². The van der Waals surface area contributed by atoms with Gasteiger partial charge in [-0.1, -0.05) is 52.6 Å². The predicted molar refractivity (Wildman–Crippen MR) is 104 cm³/mol. The van der Waals surface area contributed by atoms with Crippen molar-refractivity contribution in [3.05, 3.63) is 68.7 Å². The molecule has 0 radical (unpaired) electrons. The lowest BCUT2D eigenvalue weighted by Gasteiger charge is -2.38. The van der Waals surface area contributed by atoms with Crippen molar-refractivity contribution in [3.63, 3.8) is 0 Å². The normalized spacial score (nSPS) is 23.3. The van der Waals surface area contributed by atoms with Crippen molar-refractivity contribution in [1.29, 1.82) is 0 Å². The molecule has 1 atom stereocenters. The van der Waals surface area contributed by atoms with Crippen molar-refractivity contribution >= 4 is 28.9 Å². The molecule has 1 fully saturated rings. The summed E-state index contributed by atoms with van der Waals surface area (Å²) < 4.78 is 39.9. The third-order valence-electron chi connectivity index (χ3n) is 5.40. The Hall–Kier alpha value is -1.80. The van der Waals surface area contributed by atoms with Gasteiger partial charge in [0.05, 0.1) is 21.3 Å². The summed E-state index contributed by atoms with van der Waals surface area (Å²) in [7, 11) is 0. The fraction of sp³-hybridized carbons (Fsp3) is 0.350. The Bertz CT molecular complexity index is 988. The Morgan fingerprint density at radius 3 is 2.31 bits per heavy atom. The molecule has 4 rings (SSSR count). The Balaban J connectivity index is 1.59. The Labute approximate surface area is 175 Å². The SMILES string of the molecule is CC1(c2cc(Cl)c(Cl)c(C(F)(F)F)c2)CC(c2ccc(C3(O)CNC3)cc2)=NO1. The van der Waals surface area contributed by atoms with Gasteiger partial charge in [0.1, 0.15) is 5.60 Å². The summed E-state index contributed by atoms with van der Waals surface area (Å²) in [4.78, 5) is 5.55. The summed E-state index contributed by atoms with van der Waals surface area (Å²) in [5.74, 6) is 0. The lowest BCUT2D eigenvalue weighted by Crippen LogP contribution is -2.56. The number of hydrogen-bond donors (Lipinski definition) is 2. The molecule has 0 aromatic heterocycles.